The maximum absolute atomic E-state index is 5.83. The molecule has 0 spiro atoms. The van der Waals surface area contributed by atoms with Crippen LogP contribution in [0.5, 0.6) is 0 Å². The Morgan fingerprint density at radius 3 is 2.76 bits per heavy atom. The Hall–Kier alpha value is -0.120. The third-order valence-corrected chi connectivity index (χ3v) is 4.57. The van der Waals surface area contributed by atoms with Crippen LogP contribution in [0.1, 0.15) is 33.6 Å². The highest BCUT2D eigenvalue weighted by Crippen LogP contribution is 2.52. The summed E-state index contributed by atoms with van der Waals surface area (Å²) >= 11 is 0. The van der Waals surface area contributed by atoms with E-state index in [2.05, 4.69) is 45.1 Å². The standard InChI is InChI=1S/C14H28N2O/c1-10(6-8-16(4)5)15-12-11-7-9-17-13(11)14(12,2)3/h10-13,15H,6-9H2,1-5H3. The number of hydrogen-bond donors (Lipinski definition) is 1. The van der Waals surface area contributed by atoms with Crippen LogP contribution < -0.4 is 5.32 Å². The van der Waals surface area contributed by atoms with Gasteiger partial charge in [0.15, 0.2) is 0 Å². The van der Waals surface area contributed by atoms with Crippen molar-refractivity contribution in [1.29, 1.82) is 0 Å². The van der Waals surface area contributed by atoms with Gasteiger partial charge in [0, 0.05) is 30.0 Å². The van der Waals surface area contributed by atoms with Crippen molar-refractivity contribution in [2.75, 3.05) is 27.2 Å². The van der Waals surface area contributed by atoms with Crippen LogP contribution in [0.2, 0.25) is 0 Å². The highest BCUT2D eigenvalue weighted by atomic mass is 16.5. The molecule has 1 saturated heterocycles. The van der Waals surface area contributed by atoms with Crippen LogP contribution in [-0.2, 0) is 4.74 Å². The average molecular weight is 240 g/mol. The summed E-state index contributed by atoms with van der Waals surface area (Å²) in [6.07, 6.45) is 2.96. The lowest BCUT2D eigenvalue weighted by Crippen LogP contribution is -2.67. The average Bonchev–Trinajstić information content (AvgIpc) is 2.69. The van der Waals surface area contributed by atoms with Crippen molar-refractivity contribution < 1.29 is 4.74 Å². The molecule has 17 heavy (non-hydrogen) atoms. The van der Waals surface area contributed by atoms with Crippen LogP contribution in [0.15, 0.2) is 0 Å². The van der Waals surface area contributed by atoms with E-state index >= 15 is 0 Å². The van der Waals surface area contributed by atoms with E-state index in [0.717, 1.165) is 19.1 Å². The number of fused-ring (bicyclic) bond motifs is 1. The highest BCUT2D eigenvalue weighted by molar-refractivity contribution is 5.11. The Labute approximate surface area is 106 Å². The molecule has 3 nitrogen and oxygen atoms in total. The smallest absolute Gasteiger partial charge is 0.0685 e. The molecule has 0 aromatic carbocycles. The van der Waals surface area contributed by atoms with Crippen molar-refractivity contribution >= 4 is 0 Å². The minimum absolute atomic E-state index is 0.313. The molecule has 2 fully saturated rings. The van der Waals surface area contributed by atoms with Gasteiger partial charge < -0.3 is 15.0 Å². The van der Waals surface area contributed by atoms with E-state index in [1.54, 1.807) is 0 Å². The maximum atomic E-state index is 5.83. The zero-order chi connectivity index (χ0) is 12.6. The molecule has 1 saturated carbocycles. The molecule has 0 amide bonds. The lowest BCUT2D eigenvalue weighted by molar-refractivity contribution is -0.115. The molecular formula is C14H28N2O. The SMILES string of the molecule is CC(CCN(C)C)NC1C2CCOC2C1(C)C. The molecule has 0 radical (unpaired) electrons. The molecule has 2 aliphatic rings. The van der Waals surface area contributed by atoms with Gasteiger partial charge in [0.05, 0.1) is 6.10 Å². The Bertz CT molecular complexity index is 265. The zero-order valence-corrected chi connectivity index (χ0v) is 12.0. The first-order valence-corrected chi connectivity index (χ1v) is 6.95. The van der Waals surface area contributed by atoms with Crippen molar-refractivity contribution in [2.24, 2.45) is 11.3 Å². The van der Waals surface area contributed by atoms with Gasteiger partial charge in [-0.15, -0.1) is 0 Å². The van der Waals surface area contributed by atoms with E-state index in [-0.39, 0.29) is 0 Å². The summed E-state index contributed by atoms with van der Waals surface area (Å²) in [5.41, 5.74) is 0.313. The molecule has 0 bridgehead atoms. The number of rotatable bonds is 5. The van der Waals surface area contributed by atoms with Crippen molar-refractivity contribution in [3.8, 4) is 0 Å². The van der Waals surface area contributed by atoms with Gasteiger partial charge in [0.25, 0.3) is 0 Å². The van der Waals surface area contributed by atoms with Crippen molar-refractivity contribution in [3.63, 3.8) is 0 Å². The zero-order valence-electron chi connectivity index (χ0n) is 12.0. The summed E-state index contributed by atoms with van der Waals surface area (Å²) in [4.78, 5) is 2.26. The number of nitrogens with zero attached hydrogens (tertiary/aromatic N) is 1. The highest BCUT2D eigenvalue weighted by Gasteiger charge is 2.59. The summed E-state index contributed by atoms with van der Waals surface area (Å²) < 4.78 is 5.83. The second-order valence-corrected chi connectivity index (χ2v) is 6.70. The summed E-state index contributed by atoms with van der Waals surface area (Å²) in [5, 5.41) is 3.83. The second-order valence-electron chi connectivity index (χ2n) is 6.70. The van der Waals surface area contributed by atoms with Gasteiger partial charge in [-0.2, -0.15) is 0 Å². The Morgan fingerprint density at radius 2 is 2.12 bits per heavy atom. The van der Waals surface area contributed by atoms with Crippen LogP contribution in [0, 0.1) is 11.3 Å². The van der Waals surface area contributed by atoms with Gasteiger partial charge in [-0.25, -0.2) is 0 Å². The third-order valence-electron chi connectivity index (χ3n) is 4.57. The van der Waals surface area contributed by atoms with E-state index in [9.17, 15) is 0 Å². The van der Waals surface area contributed by atoms with Crippen LogP contribution in [0.3, 0.4) is 0 Å². The fraction of sp³-hybridized carbons (Fsp3) is 1.00. The van der Waals surface area contributed by atoms with E-state index < -0.39 is 0 Å². The molecule has 4 unspecified atom stereocenters. The molecule has 2 rings (SSSR count). The summed E-state index contributed by atoms with van der Waals surface area (Å²) in [7, 11) is 4.28. The van der Waals surface area contributed by atoms with E-state index in [0.29, 0.717) is 23.6 Å². The summed E-state index contributed by atoms with van der Waals surface area (Å²) in [5.74, 6) is 0.756. The van der Waals surface area contributed by atoms with Crippen molar-refractivity contribution in [1.82, 2.24) is 10.2 Å². The van der Waals surface area contributed by atoms with Gasteiger partial charge in [0.1, 0.15) is 0 Å². The minimum atomic E-state index is 0.313. The van der Waals surface area contributed by atoms with Gasteiger partial charge in [-0.1, -0.05) is 13.8 Å². The van der Waals surface area contributed by atoms with E-state index in [1.165, 1.54) is 12.8 Å². The van der Waals surface area contributed by atoms with E-state index in [4.69, 9.17) is 4.74 Å². The molecule has 3 heteroatoms. The van der Waals surface area contributed by atoms with Crippen LogP contribution in [0.25, 0.3) is 0 Å². The minimum Gasteiger partial charge on any atom is -0.377 e. The first-order chi connectivity index (χ1) is 7.93. The quantitative estimate of drug-likeness (QED) is 0.792. The Kier molecular flexibility index (Phi) is 3.81. The van der Waals surface area contributed by atoms with Crippen LogP contribution >= 0.6 is 0 Å². The fourth-order valence-corrected chi connectivity index (χ4v) is 3.50. The van der Waals surface area contributed by atoms with Crippen molar-refractivity contribution in [3.05, 3.63) is 0 Å². The third kappa shape index (κ3) is 2.51. The van der Waals surface area contributed by atoms with Gasteiger partial charge in [-0.05, 0) is 40.4 Å². The summed E-state index contributed by atoms with van der Waals surface area (Å²) in [6.45, 7) is 9.11. The maximum Gasteiger partial charge on any atom is 0.0685 e. The predicted molar refractivity (Wildman–Crippen MR) is 71.2 cm³/mol. The van der Waals surface area contributed by atoms with E-state index in [1.807, 2.05) is 0 Å². The lowest BCUT2D eigenvalue weighted by atomic mass is 9.57. The lowest BCUT2D eigenvalue weighted by Gasteiger charge is -2.55. The molecular weight excluding hydrogens is 212 g/mol. The molecule has 0 aromatic rings. The number of hydrogen-bond acceptors (Lipinski definition) is 3. The summed E-state index contributed by atoms with van der Waals surface area (Å²) in [6, 6.07) is 1.25. The Morgan fingerprint density at radius 1 is 1.41 bits per heavy atom. The molecule has 0 aromatic heterocycles. The van der Waals surface area contributed by atoms with Crippen LogP contribution in [0.4, 0.5) is 0 Å². The molecule has 100 valence electrons. The number of ether oxygens (including phenoxy) is 1. The Balaban J connectivity index is 1.82. The topological polar surface area (TPSA) is 24.5 Å². The molecule has 1 N–H and O–H groups in total. The molecule has 1 aliphatic carbocycles. The largest absolute Gasteiger partial charge is 0.377 e. The van der Waals surface area contributed by atoms with Gasteiger partial charge >= 0.3 is 0 Å². The molecule has 1 aliphatic heterocycles. The monoisotopic (exact) mass is 240 g/mol. The molecule has 4 atom stereocenters. The number of nitrogens with one attached hydrogen (secondary N) is 1. The van der Waals surface area contributed by atoms with Gasteiger partial charge in [0.2, 0.25) is 0 Å². The molecule has 1 heterocycles. The van der Waals surface area contributed by atoms with Gasteiger partial charge in [-0.3, -0.25) is 0 Å². The predicted octanol–water partition coefficient (Wildman–Crippen LogP) is 1.73. The second kappa shape index (κ2) is 4.87. The normalized spacial score (nSPS) is 36.7. The first kappa shape index (κ1) is 13.3. The van der Waals surface area contributed by atoms with Crippen LogP contribution in [-0.4, -0.2) is 50.3 Å². The first-order valence-electron chi connectivity index (χ1n) is 6.95. The fourth-order valence-electron chi connectivity index (χ4n) is 3.50. The van der Waals surface area contributed by atoms with Crippen molar-refractivity contribution in [2.45, 2.75) is 51.8 Å².